The number of benzene rings is 2. The molecule has 13 heteroatoms. The lowest BCUT2D eigenvalue weighted by Crippen LogP contribution is -2.42. The van der Waals surface area contributed by atoms with Crippen LogP contribution in [0, 0.1) is 0 Å². The second-order valence-corrected chi connectivity index (χ2v) is 9.51. The number of para-hydroxylation sites is 2. The molecule has 0 unspecified atom stereocenters. The summed E-state index contributed by atoms with van der Waals surface area (Å²) in [5.41, 5.74) is -14.6. The fourth-order valence-electron chi connectivity index (χ4n) is 2.92. The molecule has 5 nitrogen and oxygen atoms in total. The van der Waals surface area contributed by atoms with Crippen LogP contribution in [0.2, 0.25) is 0 Å². The van der Waals surface area contributed by atoms with Crippen LogP contribution in [0.15, 0.2) is 48.5 Å². The van der Waals surface area contributed by atoms with Crippen LogP contribution in [0.3, 0.4) is 0 Å². The lowest BCUT2D eigenvalue weighted by atomic mass is 9.97. The highest BCUT2D eigenvalue weighted by atomic mass is 32.2. The molecule has 2 aromatic rings. The largest absolute Gasteiger partial charge is 0.517 e. The number of rotatable bonds is 2. The normalized spacial score (nSPS) is 15.9. The molecule has 0 bridgehead atoms. The Kier molecular flexibility index (Phi) is 4.46. The molecule has 2 aromatic carbocycles. The van der Waals surface area contributed by atoms with E-state index in [9.17, 15) is 43.2 Å². The Morgan fingerprint density at radius 2 is 1.07 bits per heavy atom. The summed E-state index contributed by atoms with van der Waals surface area (Å²) in [4.78, 5) is 0. The monoisotopic (exact) mass is 445 g/mol. The van der Waals surface area contributed by atoms with E-state index in [-0.39, 0.29) is 4.31 Å². The zero-order chi connectivity index (χ0) is 21.1. The van der Waals surface area contributed by atoms with Crippen molar-refractivity contribution in [2.75, 3.05) is 4.31 Å². The molecule has 0 aliphatic carbocycles. The molecular weight excluding hydrogens is 436 g/mol. The summed E-state index contributed by atoms with van der Waals surface area (Å²) >= 11 is 0. The van der Waals surface area contributed by atoms with Crippen molar-refractivity contribution in [1.82, 2.24) is 0 Å². The number of nitrogens with zero attached hydrogens (tertiary/aromatic N) is 1. The van der Waals surface area contributed by atoms with Gasteiger partial charge in [-0.3, -0.25) is 0 Å². The minimum absolute atomic E-state index is 0.180. The zero-order valence-corrected chi connectivity index (χ0v) is 15.0. The zero-order valence-electron chi connectivity index (χ0n) is 13.4. The molecule has 0 amide bonds. The van der Waals surface area contributed by atoms with Crippen LogP contribution < -0.4 is 4.31 Å². The molecule has 0 aromatic heterocycles. The Morgan fingerprint density at radius 3 is 1.43 bits per heavy atom. The van der Waals surface area contributed by atoms with Gasteiger partial charge >= 0.3 is 21.0 Å². The van der Waals surface area contributed by atoms with E-state index in [1.54, 1.807) is 0 Å². The Morgan fingerprint density at radius 1 is 0.679 bits per heavy atom. The molecular formula is C15H9F6NO4S2. The van der Waals surface area contributed by atoms with E-state index < -0.39 is 58.6 Å². The molecule has 1 aliphatic rings. The summed E-state index contributed by atoms with van der Waals surface area (Å²) in [7, 11) is -12.0. The molecule has 0 atom stereocenters. The van der Waals surface area contributed by atoms with E-state index in [2.05, 4.69) is 0 Å². The van der Waals surface area contributed by atoms with Crippen LogP contribution in [0.25, 0.3) is 0 Å². The van der Waals surface area contributed by atoms with E-state index in [1.807, 2.05) is 0 Å². The lowest BCUT2D eigenvalue weighted by molar-refractivity contribution is -0.0448. The number of sulfone groups is 1. The van der Waals surface area contributed by atoms with Crippen molar-refractivity contribution in [2.45, 2.75) is 16.3 Å². The van der Waals surface area contributed by atoms with Crippen LogP contribution in [-0.4, -0.2) is 27.9 Å². The van der Waals surface area contributed by atoms with E-state index >= 15 is 0 Å². The van der Waals surface area contributed by atoms with Crippen LogP contribution in [-0.2, 0) is 19.9 Å². The van der Waals surface area contributed by atoms with Crippen molar-refractivity contribution in [3.05, 3.63) is 59.7 Å². The molecule has 0 saturated heterocycles. The Balaban J connectivity index is 2.43. The van der Waals surface area contributed by atoms with Crippen LogP contribution >= 0.6 is 0 Å². The van der Waals surface area contributed by atoms with Crippen molar-refractivity contribution in [3.8, 4) is 0 Å². The number of fused-ring (bicyclic) bond motifs is 2. The van der Waals surface area contributed by atoms with Gasteiger partial charge in [0.15, 0.2) is 0 Å². The molecule has 0 saturated carbocycles. The first kappa shape index (κ1) is 20.5. The van der Waals surface area contributed by atoms with E-state index in [4.69, 9.17) is 0 Å². The lowest BCUT2D eigenvalue weighted by Gasteiger charge is -2.36. The number of halogens is 6. The summed E-state index contributed by atoms with van der Waals surface area (Å²) in [6.07, 6.45) is 0. The van der Waals surface area contributed by atoms with Gasteiger partial charge in [-0.2, -0.15) is 34.8 Å². The first-order valence-corrected chi connectivity index (χ1v) is 10.3. The summed E-state index contributed by atoms with van der Waals surface area (Å²) < 4.78 is 128. The van der Waals surface area contributed by atoms with E-state index in [0.29, 0.717) is 0 Å². The Bertz CT molecular complexity index is 1000. The summed E-state index contributed by atoms with van der Waals surface area (Å²) in [5, 5.41) is -2.42. The van der Waals surface area contributed by atoms with Gasteiger partial charge < -0.3 is 0 Å². The van der Waals surface area contributed by atoms with Gasteiger partial charge in [-0.1, -0.05) is 36.4 Å². The van der Waals surface area contributed by atoms with Crippen molar-refractivity contribution in [1.29, 1.82) is 0 Å². The van der Waals surface area contributed by atoms with Gasteiger partial charge in [-0.05, 0) is 23.3 Å². The van der Waals surface area contributed by atoms with Crippen LogP contribution in [0.1, 0.15) is 16.4 Å². The topological polar surface area (TPSA) is 71.5 Å². The summed E-state index contributed by atoms with van der Waals surface area (Å²) in [6, 6.07) is 7.69. The predicted molar refractivity (Wildman–Crippen MR) is 86.8 cm³/mol. The van der Waals surface area contributed by atoms with Gasteiger partial charge in [-0.15, -0.1) is 0 Å². The highest BCUT2D eigenvalue weighted by Crippen LogP contribution is 2.53. The summed E-state index contributed by atoms with van der Waals surface area (Å²) in [5.74, 6) is 0. The minimum Gasteiger partial charge on any atom is -0.230 e. The van der Waals surface area contributed by atoms with Crippen molar-refractivity contribution in [2.24, 2.45) is 0 Å². The standard InChI is InChI=1S/C15H9F6NO4S2/c16-14(17,18)27(23,24)13-9-5-1-3-7-11(9)22(28(25,26)15(19,20)21)12-8-4-2-6-10(12)13/h1-8,13H. The molecule has 0 fully saturated rings. The third-order valence-corrected chi connectivity index (χ3v) is 7.27. The second kappa shape index (κ2) is 6.11. The maximum Gasteiger partial charge on any atom is 0.517 e. The van der Waals surface area contributed by atoms with E-state index in [0.717, 1.165) is 48.5 Å². The molecule has 3 rings (SSSR count). The molecule has 0 radical (unpaired) electrons. The Hall–Kier alpha value is -2.28. The second-order valence-electron chi connectivity index (χ2n) is 5.70. The number of anilines is 2. The first-order chi connectivity index (χ1) is 12.7. The number of hydrogen-bond donors (Lipinski definition) is 0. The van der Waals surface area contributed by atoms with Gasteiger partial charge in [0, 0.05) is 0 Å². The summed E-state index contributed by atoms with van der Waals surface area (Å²) in [6.45, 7) is 0. The van der Waals surface area contributed by atoms with Gasteiger partial charge in [0.2, 0.25) is 0 Å². The number of alkyl halides is 6. The molecule has 0 spiro atoms. The molecule has 1 heterocycles. The van der Waals surface area contributed by atoms with Gasteiger partial charge in [-0.25, -0.2) is 12.7 Å². The van der Waals surface area contributed by atoms with Gasteiger partial charge in [0.25, 0.3) is 9.84 Å². The van der Waals surface area contributed by atoms with Crippen molar-refractivity contribution in [3.63, 3.8) is 0 Å². The molecule has 0 N–H and O–H groups in total. The van der Waals surface area contributed by atoms with Crippen LogP contribution in [0.4, 0.5) is 37.7 Å². The highest BCUT2D eigenvalue weighted by Gasteiger charge is 2.58. The third kappa shape index (κ3) is 2.83. The average molecular weight is 445 g/mol. The first-order valence-electron chi connectivity index (χ1n) is 7.31. The fraction of sp³-hybridized carbons (Fsp3) is 0.200. The SMILES string of the molecule is O=S(=O)(C1c2ccccc2N(S(=O)(=O)C(F)(F)F)c2ccccc21)C(F)(F)F. The van der Waals surface area contributed by atoms with Crippen molar-refractivity contribution >= 4 is 31.2 Å². The molecule has 28 heavy (non-hydrogen) atoms. The fourth-order valence-corrected chi connectivity index (χ4v) is 5.31. The number of hydrogen-bond acceptors (Lipinski definition) is 4. The molecule has 1 aliphatic heterocycles. The van der Waals surface area contributed by atoms with E-state index in [1.165, 1.54) is 0 Å². The predicted octanol–water partition coefficient (Wildman–Crippen LogP) is 4.01. The third-order valence-electron chi connectivity index (χ3n) is 4.04. The van der Waals surface area contributed by atoms with Gasteiger partial charge in [0.05, 0.1) is 11.4 Å². The Labute approximate surface area is 155 Å². The molecule has 152 valence electrons. The highest BCUT2D eigenvalue weighted by molar-refractivity contribution is 7.94. The maximum absolute atomic E-state index is 13.2. The average Bonchev–Trinajstić information content (AvgIpc) is 2.56. The van der Waals surface area contributed by atoms with Crippen molar-refractivity contribution < 1.29 is 43.2 Å². The smallest absolute Gasteiger partial charge is 0.230 e. The van der Waals surface area contributed by atoms with Gasteiger partial charge in [0.1, 0.15) is 5.25 Å². The van der Waals surface area contributed by atoms with Crippen LogP contribution in [0.5, 0.6) is 0 Å². The maximum atomic E-state index is 13.2. The number of sulfonamides is 1. The quantitative estimate of drug-likeness (QED) is 0.655. The minimum atomic E-state index is -6.07.